The third-order valence-electron chi connectivity index (χ3n) is 7.56. The van der Waals surface area contributed by atoms with Crippen molar-refractivity contribution in [3.05, 3.63) is 64.7 Å². The van der Waals surface area contributed by atoms with Gasteiger partial charge in [-0.3, -0.25) is 13.9 Å². The number of aryl methyl sites for hydroxylation is 3. The third kappa shape index (κ3) is 8.82. The zero-order valence-electron chi connectivity index (χ0n) is 24.2. The molecule has 214 valence electrons. The fourth-order valence-electron chi connectivity index (χ4n) is 5.44. The van der Waals surface area contributed by atoms with Crippen LogP contribution >= 0.6 is 0 Å². The minimum absolute atomic E-state index is 0.0986. The molecular formula is C31H45N3O4S. The van der Waals surface area contributed by atoms with Gasteiger partial charge in [-0.2, -0.15) is 0 Å². The zero-order valence-corrected chi connectivity index (χ0v) is 25.0. The van der Waals surface area contributed by atoms with Crippen molar-refractivity contribution in [1.29, 1.82) is 0 Å². The van der Waals surface area contributed by atoms with E-state index >= 15 is 0 Å². The lowest BCUT2D eigenvalue weighted by molar-refractivity contribution is -0.141. The summed E-state index contributed by atoms with van der Waals surface area (Å²) in [5.41, 5.74) is 4.54. The van der Waals surface area contributed by atoms with Gasteiger partial charge in [0.2, 0.25) is 21.8 Å². The summed E-state index contributed by atoms with van der Waals surface area (Å²) in [4.78, 5) is 28.8. The molecule has 0 aliphatic heterocycles. The summed E-state index contributed by atoms with van der Waals surface area (Å²) in [5, 5.41) is 3.21. The van der Waals surface area contributed by atoms with E-state index in [1.807, 2.05) is 70.2 Å². The SMILES string of the molecule is CCC(C(=O)NC1CCCCC1)N(Cc1cccc(C)c1)C(=O)CCCN(c1cc(C)ccc1C)S(C)(=O)=O. The van der Waals surface area contributed by atoms with Gasteiger partial charge in [-0.1, -0.05) is 68.1 Å². The van der Waals surface area contributed by atoms with E-state index < -0.39 is 16.1 Å². The minimum atomic E-state index is -3.54. The molecule has 2 aromatic rings. The maximum Gasteiger partial charge on any atom is 0.243 e. The second-order valence-corrected chi connectivity index (χ2v) is 12.9. The number of benzene rings is 2. The predicted octanol–water partition coefficient (Wildman–Crippen LogP) is 5.41. The fraction of sp³-hybridized carbons (Fsp3) is 0.548. The highest BCUT2D eigenvalue weighted by molar-refractivity contribution is 7.92. The molecule has 1 fully saturated rings. The third-order valence-corrected chi connectivity index (χ3v) is 8.74. The Balaban J connectivity index is 1.78. The fourth-order valence-corrected chi connectivity index (χ4v) is 6.46. The van der Waals surface area contributed by atoms with E-state index in [0.717, 1.165) is 47.9 Å². The van der Waals surface area contributed by atoms with Crippen LogP contribution in [0.15, 0.2) is 42.5 Å². The van der Waals surface area contributed by atoms with Gasteiger partial charge in [0, 0.05) is 25.6 Å². The summed E-state index contributed by atoms with van der Waals surface area (Å²) in [7, 11) is -3.54. The monoisotopic (exact) mass is 555 g/mol. The second kappa shape index (κ2) is 14.0. The lowest BCUT2D eigenvalue weighted by atomic mass is 9.95. The van der Waals surface area contributed by atoms with Crippen LogP contribution in [0.5, 0.6) is 0 Å². The summed E-state index contributed by atoms with van der Waals surface area (Å²) in [6, 6.07) is 13.3. The topological polar surface area (TPSA) is 86.8 Å². The van der Waals surface area contributed by atoms with E-state index in [2.05, 4.69) is 5.32 Å². The van der Waals surface area contributed by atoms with Crippen molar-refractivity contribution in [3.8, 4) is 0 Å². The van der Waals surface area contributed by atoms with Crippen molar-refractivity contribution in [2.24, 2.45) is 0 Å². The van der Waals surface area contributed by atoms with E-state index in [0.29, 0.717) is 25.1 Å². The smallest absolute Gasteiger partial charge is 0.243 e. The first-order chi connectivity index (χ1) is 18.5. The second-order valence-electron chi connectivity index (χ2n) is 11.0. The molecule has 2 amide bonds. The first-order valence-electron chi connectivity index (χ1n) is 14.2. The molecule has 0 aromatic heterocycles. The van der Waals surface area contributed by atoms with Crippen molar-refractivity contribution in [2.45, 2.75) is 97.7 Å². The molecule has 3 rings (SSSR count). The van der Waals surface area contributed by atoms with Crippen LogP contribution in [0.1, 0.15) is 80.5 Å². The first kappa shape index (κ1) is 30.7. The van der Waals surface area contributed by atoms with Crippen LogP contribution in [-0.2, 0) is 26.2 Å². The summed E-state index contributed by atoms with van der Waals surface area (Å²) in [5.74, 6) is -0.241. The Bertz CT molecular complexity index is 1240. The van der Waals surface area contributed by atoms with Crippen LogP contribution in [0.3, 0.4) is 0 Å². The molecule has 0 saturated heterocycles. The van der Waals surface area contributed by atoms with Gasteiger partial charge < -0.3 is 10.2 Å². The molecule has 1 unspecified atom stereocenters. The first-order valence-corrected chi connectivity index (χ1v) is 16.0. The summed E-state index contributed by atoms with van der Waals surface area (Å²) in [6.07, 6.45) is 7.60. The molecule has 1 atom stereocenters. The Labute approximate surface area is 235 Å². The molecular weight excluding hydrogens is 510 g/mol. The van der Waals surface area contributed by atoms with Gasteiger partial charge in [0.25, 0.3) is 0 Å². The molecule has 0 heterocycles. The maximum atomic E-state index is 13.7. The molecule has 1 aliphatic rings. The normalized spacial score (nSPS) is 15.0. The van der Waals surface area contributed by atoms with Crippen LogP contribution in [0.2, 0.25) is 0 Å². The molecule has 0 bridgehead atoms. The molecule has 8 heteroatoms. The van der Waals surface area contributed by atoms with Gasteiger partial charge >= 0.3 is 0 Å². The Kier molecular flexibility index (Phi) is 11.0. The Morgan fingerprint density at radius 1 is 1.00 bits per heavy atom. The Morgan fingerprint density at radius 2 is 1.69 bits per heavy atom. The number of amides is 2. The highest BCUT2D eigenvalue weighted by Gasteiger charge is 2.30. The van der Waals surface area contributed by atoms with Crippen LogP contribution in [-0.4, -0.2) is 50.0 Å². The summed E-state index contributed by atoms with van der Waals surface area (Å²) in [6.45, 7) is 8.29. The maximum absolute atomic E-state index is 13.7. The molecule has 2 aromatic carbocycles. The van der Waals surface area contributed by atoms with Gasteiger partial charge in [-0.05, 0) is 69.2 Å². The highest BCUT2D eigenvalue weighted by atomic mass is 32.2. The molecule has 0 radical (unpaired) electrons. The molecule has 1 N–H and O–H groups in total. The number of sulfonamides is 1. The van der Waals surface area contributed by atoms with Crippen molar-refractivity contribution in [3.63, 3.8) is 0 Å². The van der Waals surface area contributed by atoms with Crippen molar-refractivity contribution >= 4 is 27.5 Å². The van der Waals surface area contributed by atoms with E-state index in [9.17, 15) is 18.0 Å². The van der Waals surface area contributed by atoms with Crippen molar-refractivity contribution in [2.75, 3.05) is 17.1 Å². The molecule has 39 heavy (non-hydrogen) atoms. The van der Waals surface area contributed by atoms with Crippen LogP contribution < -0.4 is 9.62 Å². The Morgan fingerprint density at radius 3 is 2.33 bits per heavy atom. The molecule has 0 spiro atoms. The van der Waals surface area contributed by atoms with Gasteiger partial charge in [0.05, 0.1) is 11.9 Å². The van der Waals surface area contributed by atoms with E-state index in [4.69, 9.17) is 0 Å². The molecule has 1 aliphatic carbocycles. The lowest BCUT2D eigenvalue weighted by Gasteiger charge is -2.33. The Hall–Kier alpha value is -2.87. The van der Waals surface area contributed by atoms with Gasteiger partial charge in [0.15, 0.2) is 0 Å². The van der Waals surface area contributed by atoms with E-state index in [-0.39, 0.29) is 30.8 Å². The van der Waals surface area contributed by atoms with Crippen molar-refractivity contribution in [1.82, 2.24) is 10.2 Å². The number of hydrogen-bond acceptors (Lipinski definition) is 4. The van der Waals surface area contributed by atoms with Gasteiger partial charge in [-0.15, -0.1) is 0 Å². The number of nitrogens with zero attached hydrogens (tertiary/aromatic N) is 2. The van der Waals surface area contributed by atoms with Gasteiger partial charge in [-0.25, -0.2) is 8.42 Å². The van der Waals surface area contributed by atoms with Crippen LogP contribution in [0.4, 0.5) is 5.69 Å². The van der Waals surface area contributed by atoms with Crippen LogP contribution in [0, 0.1) is 20.8 Å². The molecule has 7 nitrogen and oxygen atoms in total. The number of carbonyl (C=O) groups is 2. The largest absolute Gasteiger partial charge is 0.352 e. The minimum Gasteiger partial charge on any atom is -0.352 e. The van der Waals surface area contributed by atoms with E-state index in [1.165, 1.54) is 17.0 Å². The number of anilines is 1. The predicted molar refractivity (Wildman–Crippen MR) is 158 cm³/mol. The number of nitrogens with one attached hydrogen (secondary N) is 1. The summed E-state index contributed by atoms with van der Waals surface area (Å²) < 4.78 is 26.8. The van der Waals surface area contributed by atoms with Gasteiger partial charge in [0.1, 0.15) is 6.04 Å². The number of rotatable bonds is 12. The lowest BCUT2D eigenvalue weighted by Crippen LogP contribution is -2.51. The molecule has 1 saturated carbocycles. The summed E-state index contributed by atoms with van der Waals surface area (Å²) >= 11 is 0. The highest BCUT2D eigenvalue weighted by Crippen LogP contribution is 2.25. The van der Waals surface area contributed by atoms with Crippen molar-refractivity contribution < 1.29 is 18.0 Å². The van der Waals surface area contributed by atoms with E-state index in [1.54, 1.807) is 4.90 Å². The number of hydrogen-bond donors (Lipinski definition) is 1. The average molecular weight is 556 g/mol. The number of carbonyl (C=O) groups excluding carboxylic acids is 2. The quantitative estimate of drug-likeness (QED) is 0.379. The standard InChI is InChI=1S/C31H45N3O4S/c1-6-28(31(36)32-27-14-8-7-9-15-27)33(22-26-13-10-12-23(2)20-26)30(35)16-11-19-34(39(5,37)38)29-21-24(3)17-18-25(29)4/h10,12-13,17-18,20-21,27-28H,6-9,11,14-16,19,22H2,1-5H3,(H,32,36). The van der Waals surface area contributed by atoms with Crippen LogP contribution in [0.25, 0.3) is 0 Å². The average Bonchev–Trinajstić information content (AvgIpc) is 2.88. The zero-order chi connectivity index (χ0) is 28.6.